The Balaban J connectivity index is 2.02. The predicted octanol–water partition coefficient (Wildman–Crippen LogP) is 8.66. The molecule has 290 valence electrons. The number of H-pyrrole nitrogens is 1. The number of nitrogens with one attached hydrogen (secondary N) is 1. The number of halogens is 7. The maximum absolute atomic E-state index is 14.5. The van der Waals surface area contributed by atoms with Gasteiger partial charge in [-0.1, -0.05) is 19.9 Å². The third-order valence-electron chi connectivity index (χ3n) is 10.4. The molecular weight excluding hydrogens is 724 g/mol. The molecule has 0 saturated carbocycles. The van der Waals surface area contributed by atoms with Crippen LogP contribution in [0, 0.1) is 25.6 Å². The quantitative estimate of drug-likeness (QED) is 0.161. The molecule has 1 fully saturated rings. The summed E-state index contributed by atoms with van der Waals surface area (Å²) in [7, 11) is -2.26. The summed E-state index contributed by atoms with van der Waals surface area (Å²) in [5.41, 5.74) is -8.45. The zero-order valence-electron chi connectivity index (χ0n) is 31.7. The van der Waals surface area contributed by atoms with Crippen molar-refractivity contribution >= 4 is 7.75 Å². The van der Waals surface area contributed by atoms with Crippen molar-refractivity contribution in [2.75, 3.05) is 14.2 Å². The van der Waals surface area contributed by atoms with Gasteiger partial charge in [-0.3, -0.25) is 18.9 Å². The second-order valence-corrected chi connectivity index (χ2v) is 16.3. The third-order valence-corrected chi connectivity index (χ3v) is 12.0. The van der Waals surface area contributed by atoms with Crippen molar-refractivity contribution in [2.24, 2.45) is 5.92 Å². The number of aryl methyl sites for hydroxylation is 1. The summed E-state index contributed by atoms with van der Waals surface area (Å²) in [6.07, 6.45) is -11.8. The van der Waals surface area contributed by atoms with Crippen LogP contribution in [0.1, 0.15) is 93.7 Å². The van der Waals surface area contributed by atoms with Crippen LogP contribution in [0.25, 0.3) is 0 Å². The van der Waals surface area contributed by atoms with Crippen LogP contribution < -0.4 is 5.69 Å². The highest BCUT2D eigenvalue weighted by atomic mass is 31.2. The average Bonchev–Trinajstić information content (AvgIpc) is 3.31. The largest absolute Gasteiger partial charge is 0.459 e. The lowest BCUT2D eigenvalue weighted by molar-refractivity contribution is -0.341. The minimum atomic E-state index is -5.14. The van der Waals surface area contributed by atoms with Gasteiger partial charge in [-0.05, 0) is 101 Å². The number of ether oxygens (including phenoxy) is 2. The van der Waals surface area contributed by atoms with Crippen molar-refractivity contribution in [3.8, 4) is 0 Å². The minimum absolute atomic E-state index is 0.0697. The summed E-state index contributed by atoms with van der Waals surface area (Å²) < 4.78 is 145. The highest BCUT2D eigenvalue weighted by Crippen LogP contribution is 2.52. The van der Waals surface area contributed by atoms with Crippen LogP contribution in [0.5, 0.6) is 0 Å². The summed E-state index contributed by atoms with van der Waals surface area (Å²) in [4.78, 5) is 15.2. The van der Waals surface area contributed by atoms with E-state index in [1.165, 1.54) is 25.1 Å². The van der Waals surface area contributed by atoms with Gasteiger partial charge in [-0.2, -0.15) is 26.3 Å². The number of benzene rings is 2. The number of nitrogens with zero attached hydrogens (tertiary/aromatic N) is 3. The fourth-order valence-corrected chi connectivity index (χ4v) is 7.31. The molecule has 0 radical (unpaired) electrons. The Morgan fingerprint density at radius 1 is 1.02 bits per heavy atom. The Morgan fingerprint density at radius 2 is 1.60 bits per heavy atom. The molecule has 0 aliphatic carbocycles. The Morgan fingerprint density at radius 3 is 2.10 bits per heavy atom. The van der Waals surface area contributed by atoms with Crippen LogP contribution >= 0.6 is 7.75 Å². The smallest absolute Gasteiger partial charge is 0.343 e. The Labute approximate surface area is 298 Å². The van der Waals surface area contributed by atoms with Crippen molar-refractivity contribution in [3.63, 3.8) is 0 Å². The van der Waals surface area contributed by atoms with Crippen molar-refractivity contribution in [3.05, 3.63) is 85.8 Å². The molecule has 10 nitrogen and oxygen atoms in total. The van der Waals surface area contributed by atoms with Crippen LogP contribution in [0.3, 0.4) is 0 Å². The number of rotatable bonds is 10. The summed E-state index contributed by atoms with van der Waals surface area (Å²) in [5.74, 6) is -1.61. The van der Waals surface area contributed by atoms with Crippen LogP contribution in [-0.4, -0.2) is 51.1 Å². The molecule has 52 heavy (non-hydrogen) atoms. The second kappa shape index (κ2) is 14.0. The summed E-state index contributed by atoms with van der Waals surface area (Å²) in [6, 6.07) is 3.43. The Bertz CT molecular complexity index is 1950. The van der Waals surface area contributed by atoms with E-state index in [1.54, 1.807) is 53.4 Å². The van der Waals surface area contributed by atoms with Crippen molar-refractivity contribution in [1.82, 2.24) is 19.4 Å². The molecule has 1 aromatic heterocycles. The van der Waals surface area contributed by atoms with Crippen molar-refractivity contribution in [2.45, 2.75) is 110 Å². The molecule has 3 aromatic rings. The molecule has 0 spiro atoms. The molecule has 0 unspecified atom stereocenters. The zero-order valence-corrected chi connectivity index (χ0v) is 31.6. The molecule has 2 heterocycles. The number of aromatic amines is 1. The van der Waals surface area contributed by atoms with Gasteiger partial charge in [-0.25, -0.2) is 13.8 Å². The van der Waals surface area contributed by atoms with E-state index in [2.05, 4.69) is 5.10 Å². The standard InChI is InChI=1S/C34H44F7N4O6P/c1-18(2)32(9,24-15-21(33(36,37)38)16-25(20(24)4)34(39,40)41)51-28-27(23-13-12-22(35)14-19(23)3)44(30(5,6)31(7,8)50-28)17-26-42-29(46)45(43-26)52(47,48-10)49-11/h12-16,18,27-28H,17H2,1-11H3,(H,42,43,46)/t27-,28+,32+/m0/s1/i/hD. The Hall–Kier alpha value is -3.08. The van der Waals surface area contributed by atoms with Crippen molar-refractivity contribution < 1.29 is 55.2 Å². The van der Waals surface area contributed by atoms with E-state index in [-0.39, 0.29) is 24.0 Å². The fourth-order valence-electron chi connectivity index (χ4n) is 6.39. The summed E-state index contributed by atoms with van der Waals surface area (Å²) >= 11 is 0. The highest BCUT2D eigenvalue weighted by Gasteiger charge is 2.57. The van der Waals surface area contributed by atoms with Crippen LogP contribution in [-0.2, 0) is 47.6 Å². The second-order valence-electron chi connectivity index (χ2n) is 14.2. The lowest BCUT2D eigenvalue weighted by Gasteiger charge is -2.59. The lowest BCUT2D eigenvalue weighted by Crippen LogP contribution is -2.68. The summed E-state index contributed by atoms with van der Waals surface area (Å²) in [5, 5.41) is 4.12. The molecule has 0 bridgehead atoms. The maximum Gasteiger partial charge on any atom is 0.459 e. The van der Waals surface area contributed by atoms with Gasteiger partial charge < -0.3 is 9.47 Å². The van der Waals surface area contributed by atoms with Gasteiger partial charge in [0, 0.05) is 19.8 Å². The van der Waals surface area contributed by atoms with Gasteiger partial charge in [0.15, 0.2) is 7.70 Å². The molecule has 1 aliphatic rings. The number of hydrogen-bond donors (Lipinski definition) is 1. The van der Waals surface area contributed by atoms with Gasteiger partial charge in [-0.15, -0.1) is 9.55 Å². The maximum atomic E-state index is 14.5. The van der Waals surface area contributed by atoms with E-state index >= 15 is 0 Å². The Kier molecular flexibility index (Phi) is 10.8. The monoisotopic (exact) mass is 769 g/mol. The molecule has 1 saturated heterocycles. The number of hydrogen-bond acceptors (Lipinski definition) is 8. The highest BCUT2D eigenvalue weighted by molar-refractivity contribution is 7.51. The normalized spacial score (nSPS) is 21.3. The molecule has 1 aliphatic heterocycles. The SMILES string of the molecule is [2H]n1c(CN2[C@@H](c3ccc(F)cc3C)[C@@H](O[C@@](C)(c3cc(C(F)(F)F)cc(C(F)(F)F)c3C)C(C)C)OC(C)(C)C2(C)C)nn(P(=O)(OC)OC)c1=O. The predicted molar refractivity (Wildman–Crippen MR) is 177 cm³/mol. The van der Waals surface area contributed by atoms with E-state index < -0.39 is 83.3 Å². The molecule has 0 amide bonds. The van der Waals surface area contributed by atoms with Gasteiger partial charge in [0.2, 0.25) is 0 Å². The first kappa shape index (κ1) is 40.1. The third kappa shape index (κ3) is 7.49. The molecular formula is C34H44F7N4O6P. The van der Waals surface area contributed by atoms with E-state index in [4.69, 9.17) is 19.9 Å². The zero-order chi connectivity index (χ0) is 40.4. The van der Waals surface area contributed by atoms with Crippen LogP contribution in [0.4, 0.5) is 30.7 Å². The van der Waals surface area contributed by atoms with Gasteiger partial charge in [0.05, 0.1) is 34.9 Å². The fraction of sp³-hybridized carbons (Fsp3) is 0.588. The van der Waals surface area contributed by atoms with E-state index in [1.807, 2.05) is 0 Å². The van der Waals surface area contributed by atoms with Gasteiger partial charge in [0.1, 0.15) is 11.6 Å². The van der Waals surface area contributed by atoms with E-state index in [0.29, 0.717) is 26.6 Å². The first-order valence-corrected chi connectivity index (χ1v) is 17.7. The minimum Gasteiger partial charge on any atom is -0.343 e. The number of aromatic nitrogens is 3. The van der Waals surface area contributed by atoms with Crippen molar-refractivity contribution in [1.29, 1.82) is 0 Å². The number of morpholine rings is 1. The summed E-state index contributed by atoms with van der Waals surface area (Å²) in [6.45, 7) is 13.8. The first-order chi connectivity index (χ1) is 24.1. The first-order valence-electron chi connectivity index (χ1n) is 16.6. The molecule has 18 heteroatoms. The molecule has 2 aromatic carbocycles. The molecule has 4 rings (SSSR count). The lowest BCUT2D eigenvalue weighted by atomic mass is 9.78. The van der Waals surface area contributed by atoms with Gasteiger partial charge >= 0.3 is 25.8 Å². The van der Waals surface area contributed by atoms with Crippen LogP contribution in [0.2, 0.25) is 1.41 Å². The molecule has 3 atom stereocenters. The molecule has 1 N–H and O–H groups in total. The van der Waals surface area contributed by atoms with Crippen LogP contribution in [0.15, 0.2) is 35.1 Å². The van der Waals surface area contributed by atoms with E-state index in [9.17, 15) is 40.1 Å². The van der Waals surface area contributed by atoms with E-state index in [0.717, 1.165) is 21.1 Å². The topological polar surface area (TPSA) is 108 Å². The number of alkyl halides is 6. The average molecular weight is 770 g/mol. The van der Waals surface area contributed by atoms with Gasteiger partial charge in [0.25, 0.3) is 0 Å².